The number of nitrogens with one attached hydrogen (secondary N) is 2. The van der Waals surface area contributed by atoms with E-state index in [1.165, 1.54) is 0 Å². The molecule has 2 amide bonds. The second-order valence-corrected chi connectivity index (χ2v) is 7.88. The Kier molecular flexibility index (Phi) is 11.2. The van der Waals surface area contributed by atoms with Crippen LogP contribution in [0.15, 0.2) is 0 Å². The fourth-order valence-electron chi connectivity index (χ4n) is 2.15. The molecule has 0 aromatic heterocycles. The van der Waals surface area contributed by atoms with Gasteiger partial charge in [-0.2, -0.15) is 0 Å². The first-order valence-corrected chi connectivity index (χ1v) is 9.55. The van der Waals surface area contributed by atoms with Crippen molar-refractivity contribution in [1.82, 2.24) is 10.6 Å². The maximum Gasteiger partial charge on any atom is 0.408 e. The summed E-state index contributed by atoms with van der Waals surface area (Å²) in [7, 11) is 0. The van der Waals surface area contributed by atoms with E-state index >= 15 is 0 Å². The summed E-state index contributed by atoms with van der Waals surface area (Å²) >= 11 is 0. The number of amides is 2. The van der Waals surface area contributed by atoms with Crippen molar-refractivity contribution in [2.75, 3.05) is 6.61 Å². The SMILES string of the molecule is CCCCOC(=O)CC[C@H](NC(=O)[C@H](NC(=O)OC(C)(C)C)C(C)C)C(=O)O. The monoisotopic (exact) mass is 402 g/mol. The second-order valence-electron chi connectivity index (χ2n) is 7.88. The summed E-state index contributed by atoms with van der Waals surface area (Å²) in [6.45, 7) is 10.7. The molecule has 0 unspecified atom stereocenters. The van der Waals surface area contributed by atoms with E-state index in [0.717, 1.165) is 12.8 Å². The highest BCUT2D eigenvalue weighted by Gasteiger charge is 2.30. The van der Waals surface area contributed by atoms with Gasteiger partial charge in [-0.3, -0.25) is 9.59 Å². The van der Waals surface area contributed by atoms with Crippen molar-refractivity contribution in [2.24, 2.45) is 5.92 Å². The van der Waals surface area contributed by atoms with Crippen LogP contribution in [-0.4, -0.2) is 53.3 Å². The third-order valence-electron chi connectivity index (χ3n) is 3.63. The Labute approximate surface area is 166 Å². The predicted octanol–water partition coefficient (Wildman–Crippen LogP) is 2.23. The van der Waals surface area contributed by atoms with Crippen LogP contribution in [0, 0.1) is 5.92 Å². The van der Waals surface area contributed by atoms with Gasteiger partial charge in [0.1, 0.15) is 17.7 Å². The molecule has 0 aliphatic heterocycles. The summed E-state index contributed by atoms with van der Waals surface area (Å²) in [5.74, 6) is -2.75. The van der Waals surface area contributed by atoms with E-state index in [9.17, 15) is 24.3 Å². The van der Waals surface area contributed by atoms with Crippen molar-refractivity contribution >= 4 is 23.9 Å². The third-order valence-corrected chi connectivity index (χ3v) is 3.63. The lowest BCUT2D eigenvalue weighted by Gasteiger charge is -2.26. The van der Waals surface area contributed by atoms with Crippen LogP contribution in [-0.2, 0) is 23.9 Å². The average molecular weight is 402 g/mol. The van der Waals surface area contributed by atoms with E-state index in [0.29, 0.717) is 0 Å². The zero-order chi connectivity index (χ0) is 21.9. The number of hydrogen-bond acceptors (Lipinski definition) is 6. The lowest BCUT2D eigenvalue weighted by molar-refractivity contribution is -0.146. The first-order valence-electron chi connectivity index (χ1n) is 9.55. The van der Waals surface area contributed by atoms with Gasteiger partial charge in [0, 0.05) is 6.42 Å². The molecule has 0 bridgehead atoms. The summed E-state index contributed by atoms with van der Waals surface area (Å²) < 4.78 is 10.1. The fraction of sp³-hybridized carbons (Fsp3) is 0.789. The van der Waals surface area contributed by atoms with Gasteiger partial charge in [0.15, 0.2) is 0 Å². The van der Waals surface area contributed by atoms with Crippen LogP contribution in [0.2, 0.25) is 0 Å². The smallest absolute Gasteiger partial charge is 0.408 e. The van der Waals surface area contributed by atoms with Crippen LogP contribution in [0.3, 0.4) is 0 Å². The second kappa shape index (κ2) is 12.2. The normalized spacial score (nSPS) is 13.4. The standard InChI is InChI=1S/C19H34N2O7/c1-7-8-11-27-14(22)10-9-13(17(24)25)20-16(23)15(12(2)3)21-18(26)28-19(4,5)6/h12-13,15H,7-11H2,1-6H3,(H,20,23)(H,21,26)(H,24,25)/t13-,15+/m0/s1. The quantitative estimate of drug-likeness (QED) is 0.357. The number of carbonyl (C=O) groups is 4. The molecule has 0 fully saturated rings. The number of unbranched alkanes of at least 4 members (excludes halogenated alkanes) is 1. The number of aliphatic carboxylic acids is 1. The van der Waals surface area contributed by atoms with Gasteiger partial charge >= 0.3 is 18.0 Å². The molecular weight excluding hydrogens is 368 g/mol. The van der Waals surface area contributed by atoms with Crippen LogP contribution < -0.4 is 10.6 Å². The van der Waals surface area contributed by atoms with Gasteiger partial charge in [-0.25, -0.2) is 9.59 Å². The summed E-state index contributed by atoms with van der Waals surface area (Å²) in [4.78, 5) is 47.5. The summed E-state index contributed by atoms with van der Waals surface area (Å²) in [5, 5.41) is 14.2. The van der Waals surface area contributed by atoms with Crippen LogP contribution in [0.1, 0.15) is 67.2 Å². The zero-order valence-electron chi connectivity index (χ0n) is 17.7. The minimum absolute atomic E-state index is 0.108. The average Bonchev–Trinajstić information content (AvgIpc) is 2.54. The number of carboxylic acids is 1. The summed E-state index contributed by atoms with van der Waals surface area (Å²) in [6.07, 6.45) is 0.600. The Hall–Kier alpha value is -2.32. The number of carbonyl (C=O) groups excluding carboxylic acids is 3. The molecule has 9 nitrogen and oxygen atoms in total. The van der Waals surface area contributed by atoms with Crippen LogP contribution in [0.5, 0.6) is 0 Å². The maximum absolute atomic E-state index is 12.5. The Morgan fingerprint density at radius 1 is 1.07 bits per heavy atom. The summed E-state index contributed by atoms with van der Waals surface area (Å²) in [6, 6.07) is -2.25. The van der Waals surface area contributed by atoms with Crippen molar-refractivity contribution in [1.29, 1.82) is 0 Å². The van der Waals surface area contributed by atoms with E-state index in [1.807, 2.05) is 6.92 Å². The van der Waals surface area contributed by atoms with Gasteiger partial charge in [-0.1, -0.05) is 27.2 Å². The largest absolute Gasteiger partial charge is 0.480 e. The van der Waals surface area contributed by atoms with Gasteiger partial charge < -0.3 is 25.2 Å². The first-order chi connectivity index (χ1) is 12.9. The van der Waals surface area contributed by atoms with Crippen molar-refractivity contribution in [3.05, 3.63) is 0 Å². The van der Waals surface area contributed by atoms with Crippen LogP contribution >= 0.6 is 0 Å². The van der Waals surface area contributed by atoms with Gasteiger partial charge in [0.25, 0.3) is 0 Å². The Bertz CT molecular complexity index is 541. The van der Waals surface area contributed by atoms with E-state index < -0.39 is 41.6 Å². The molecule has 3 N–H and O–H groups in total. The molecule has 0 aliphatic carbocycles. The first kappa shape index (κ1) is 25.7. The Morgan fingerprint density at radius 2 is 1.68 bits per heavy atom. The molecular formula is C19H34N2O7. The Morgan fingerprint density at radius 3 is 2.14 bits per heavy atom. The third kappa shape index (κ3) is 11.4. The molecule has 2 atom stereocenters. The molecule has 28 heavy (non-hydrogen) atoms. The molecule has 0 aromatic rings. The number of alkyl carbamates (subject to hydrolysis) is 1. The van der Waals surface area contributed by atoms with Gasteiger partial charge in [0.05, 0.1) is 6.61 Å². The highest BCUT2D eigenvalue weighted by molar-refractivity contribution is 5.89. The number of carboxylic acid groups (broad SMARTS) is 1. The van der Waals surface area contributed by atoms with Crippen molar-refractivity contribution in [3.8, 4) is 0 Å². The fourth-order valence-corrected chi connectivity index (χ4v) is 2.15. The van der Waals surface area contributed by atoms with Crippen LogP contribution in [0.4, 0.5) is 4.79 Å². The molecule has 0 radical (unpaired) electrons. The highest BCUT2D eigenvalue weighted by Crippen LogP contribution is 2.10. The van der Waals surface area contributed by atoms with Gasteiger partial charge in [0.2, 0.25) is 5.91 Å². The van der Waals surface area contributed by atoms with Crippen molar-refractivity contribution in [2.45, 2.75) is 84.9 Å². The Balaban J connectivity index is 4.82. The molecule has 162 valence electrons. The van der Waals surface area contributed by atoms with E-state index in [1.54, 1.807) is 34.6 Å². The predicted molar refractivity (Wildman–Crippen MR) is 103 cm³/mol. The lowest BCUT2D eigenvalue weighted by atomic mass is 10.0. The molecule has 9 heteroatoms. The minimum Gasteiger partial charge on any atom is -0.480 e. The van der Waals surface area contributed by atoms with E-state index in [4.69, 9.17) is 9.47 Å². The molecule has 0 aliphatic rings. The maximum atomic E-state index is 12.5. The molecule has 0 saturated heterocycles. The van der Waals surface area contributed by atoms with Gasteiger partial charge in [-0.05, 0) is 39.5 Å². The summed E-state index contributed by atoms with van der Waals surface area (Å²) in [5.41, 5.74) is -0.732. The van der Waals surface area contributed by atoms with Crippen LogP contribution in [0.25, 0.3) is 0 Å². The van der Waals surface area contributed by atoms with E-state index in [-0.39, 0.29) is 25.4 Å². The number of ether oxygens (including phenoxy) is 2. The zero-order valence-corrected chi connectivity index (χ0v) is 17.7. The van der Waals surface area contributed by atoms with Gasteiger partial charge in [-0.15, -0.1) is 0 Å². The van der Waals surface area contributed by atoms with Crippen molar-refractivity contribution < 1.29 is 33.8 Å². The highest BCUT2D eigenvalue weighted by atomic mass is 16.6. The molecule has 0 saturated carbocycles. The van der Waals surface area contributed by atoms with Crippen molar-refractivity contribution in [3.63, 3.8) is 0 Å². The number of hydrogen-bond donors (Lipinski definition) is 3. The molecule has 0 aromatic carbocycles. The number of esters is 1. The minimum atomic E-state index is -1.27. The molecule has 0 spiro atoms. The lowest BCUT2D eigenvalue weighted by Crippen LogP contribution is -2.54. The molecule has 0 heterocycles. The molecule has 0 rings (SSSR count). The number of rotatable bonds is 11. The topological polar surface area (TPSA) is 131 Å². The van der Waals surface area contributed by atoms with E-state index in [2.05, 4.69) is 10.6 Å².